The van der Waals surface area contributed by atoms with Gasteiger partial charge in [0.05, 0.1) is 6.20 Å². The van der Waals surface area contributed by atoms with E-state index in [0.29, 0.717) is 18.4 Å². The highest BCUT2D eigenvalue weighted by Gasteiger charge is 2.10. The van der Waals surface area contributed by atoms with Crippen molar-refractivity contribution >= 4 is 17.8 Å². The third-order valence-electron chi connectivity index (χ3n) is 3.46. The number of rotatable bonds is 6. The molecule has 0 aliphatic carbocycles. The number of anilines is 3. The van der Waals surface area contributed by atoms with E-state index in [1.165, 1.54) is 0 Å². The van der Waals surface area contributed by atoms with Crippen LogP contribution in [0.2, 0.25) is 0 Å². The summed E-state index contributed by atoms with van der Waals surface area (Å²) >= 11 is 0. The summed E-state index contributed by atoms with van der Waals surface area (Å²) in [7, 11) is 1.91. The maximum Gasteiger partial charge on any atom is 0.231 e. The zero-order valence-electron chi connectivity index (χ0n) is 13.0. The summed E-state index contributed by atoms with van der Waals surface area (Å²) in [5.41, 5.74) is 7.97. The minimum absolute atomic E-state index is 0.220. The lowest BCUT2D eigenvalue weighted by molar-refractivity contribution is 0.738. The first-order valence-electron chi connectivity index (χ1n) is 7.03. The van der Waals surface area contributed by atoms with Crippen LogP contribution in [-0.2, 0) is 13.6 Å². The van der Waals surface area contributed by atoms with Crippen molar-refractivity contribution in [1.29, 1.82) is 0 Å². The Morgan fingerprint density at radius 2 is 1.95 bits per heavy atom. The van der Waals surface area contributed by atoms with Crippen LogP contribution in [0, 0.1) is 6.92 Å². The predicted octanol–water partition coefficient (Wildman–Crippen LogP) is 0.954. The number of aromatic nitrogens is 5. The number of aryl methyl sites for hydroxylation is 1. The van der Waals surface area contributed by atoms with Gasteiger partial charge in [-0.3, -0.25) is 4.68 Å². The molecule has 0 fully saturated rings. The molecule has 0 radical (unpaired) electrons. The molecule has 0 amide bonds. The van der Waals surface area contributed by atoms with Gasteiger partial charge in [-0.25, -0.2) is 0 Å². The third-order valence-corrected chi connectivity index (χ3v) is 3.46. The molecule has 0 unspecified atom stereocenters. The molecule has 8 nitrogen and oxygen atoms in total. The van der Waals surface area contributed by atoms with Crippen LogP contribution in [-0.4, -0.2) is 37.8 Å². The second-order valence-corrected chi connectivity index (χ2v) is 4.72. The Kier molecular flexibility index (Phi) is 4.56. The molecule has 0 saturated carbocycles. The highest BCUT2D eigenvalue weighted by atomic mass is 15.3. The van der Waals surface area contributed by atoms with Gasteiger partial charge in [-0.15, -0.1) is 0 Å². The van der Waals surface area contributed by atoms with Gasteiger partial charge in [-0.2, -0.15) is 20.1 Å². The molecule has 21 heavy (non-hydrogen) atoms. The second kappa shape index (κ2) is 6.38. The molecule has 2 heterocycles. The van der Waals surface area contributed by atoms with Crippen molar-refractivity contribution in [2.75, 3.05) is 29.0 Å². The first kappa shape index (κ1) is 15.0. The number of nitrogen functional groups attached to an aromatic ring is 1. The smallest absolute Gasteiger partial charge is 0.231 e. The van der Waals surface area contributed by atoms with Gasteiger partial charge < -0.3 is 16.0 Å². The van der Waals surface area contributed by atoms with Crippen molar-refractivity contribution in [3.05, 3.63) is 17.5 Å². The molecule has 2 aromatic heterocycles. The normalized spacial score (nSPS) is 10.7. The Labute approximate surface area is 124 Å². The Bertz CT molecular complexity index is 602. The van der Waals surface area contributed by atoms with Crippen LogP contribution < -0.4 is 16.0 Å². The largest absolute Gasteiger partial charge is 0.368 e. The molecular formula is C13H22N8. The Balaban J connectivity index is 2.15. The van der Waals surface area contributed by atoms with E-state index in [4.69, 9.17) is 5.73 Å². The summed E-state index contributed by atoms with van der Waals surface area (Å²) in [5, 5.41) is 7.39. The van der Waals surface area contributed by atoms with E-state index in [-0.39, 0.29) is 5.95 Å². The standard InChI is InChI=1S/C13H22N8/c1-5-21(6-2)13-18-11(14)17-12(19-13)15-7-10-8-16-20(4)9(10)3/h8H,5-7H2,1-4H3,(H3,14,15,17,18,19). The van der Waals surface area contributed by atoms with Crippen LogP contribution in [0.25, 0.3) is 0 Å². The van der Waals surface area contributed by atoms with Gasteiger partial charge in [0.1, 0.15) is 0 Å². The zero-order chi connectivity index (χ0) is 15.4. The van der Waals surface area contributed by atoms with Gasteiger partial charge in [0.25, 0.3) is 0 Å². The van der Waals surface area contributed by atoms with E-state index in [0.717, 1.165) is 24.3 Å². The SMILES string of the molecule is CCN(CC)c1nc(N)nc(NCc2cnn(C)c2C)n1. The van der Waals surface area contributed by atoms with Crippen molar-refractivity contribution in [2.24, 2.45) is 7.05 Å². The van der Waals surface area contributed by atoms with Gasteiger partial charge in [0.2, 0.25) is 17.8 Å². The Hall–Kier alpha value is -2.38. The summed E-state index contributed by atoms with van der Waals surface area (Å²) in [6.07, 6.45) is 1.83. The van der Waals surface area contributed by atoms with Crippen LogP contribution in [0.4, 0.5) is 17.8 Å². The number of nitrogens with zero attached hydrogens (tertiary/aromatic N) is 6. The number of hydrogen-bond acceptors (Lipinski definition) is 7. The van der Waals surface area contributed by atoms with Gasteiger partial charge in [-0.1, -0.05) is 0 Å². The number of nitrogens with one attached hydrogen (secondary N) is 1. The molecular weight excluding hydrogens is 268 g/mol. The molecule has 2 aromatic rings. The third kappa shape index (κ3) is 3.39. The van der Waals surface area contributed by atoms with Gasteiger partial charge in [0, 0.05) is 37.9 Å². The first-order valence-corrected chi connectivity index (χ1v) is 7.03. The van der Waals surface area contributed by atoms with E-state index in [2.05, 4.69) is 39.2 Å². The lowest BCUT2D eigenvalue weighted by Gasteiger charge is -2.19. The monoisotopic (exact) mass is 290 g/mol. The molecule has 2 rings (SSSR count). The van der Waals surface area contributed by atoms with Gasteiger partial charge in [0.15, 0.2) is 0 Å². The molecule has 0 saturated heterocycles. The van der Waals surface area contributed by atoms with Crippen molar-refractivity contribution in [2.45, 2.75) is 27.3 Å². The van der Waals surface area contributed by atoms with E-state index in [1.54, 1.807) is 0 Å². The molecule has 0 aliphatic rings. The molecule has 0 aromatic carbocycles. The van der Waals surface area contributed by atoms with Crippen molar-refractivity contribution in [3.8, 4) is 0 Å². The van der Waals surface area contributed by atoms with E-state index >= 15 is 0 Å². The number of hydrogen-bond donors (Lipinski definition) is 2. The molecule has 114 valence electrons. The summed E-state index contributed by atoms with van der Waals surface area (Å²) < 4.78 is 1.83. The summed E-state index contributed by atoms with van der Waals surface area (Å²) in [5.74, 6) is 1.29. The minimum atomic E-state index is 0.220. The van der Waals surface area contributed by atoms with Crippen molar-refractivity contribution < 1.29 is 0 Å². The highest BCUT2D eigenvalue weighted by molar-refractivity contribution is 5.42. The van der Waals surface area contributed by atoms with Crippen molar-refractivity contribution in [3.63, 3.8) is 0 Å². The topological polar surface area (TPSA) is 97.8 Å². The van der Waals surface area contributed by atoms with Crippen LogP contribution in [0.5, 0.6) is 0 Å². The van der Waals surface area contributed by atoms with Crippen LogP contribution in [0.15, 0.2) is 6.20 Å². The van der Waals surface area contributed by atoms with Crippen LogP contribution in [0.3, 0.4) is 0 Å². The van der Waals surface area contributed by atoms with Crippen LogP contribution in [0.1, 0.15) is 25.1 Å². The summed E-state index contributed by atoms with van der Waals surface area (Å²) in [6, 6.07) is 0. The Morgan fingerprint density at radius 1 is 1.24 bits per heavy atom. The molecule has 0 spiro atoms. The van der Waals surface area contributed by atoms with E-state index < -0.39 is 0 Å². The van der Waals surface area contributed by atoms with E-state index in [9.17, 15) is 0 Å². The average molecular weight is 290 g/mol. The van der Waals surface area contributed by atoms with Crippen molar-refractivity contribution in [1.82, 2.24) is 24.7 Å². The lowest BCUT2D eigenvalue weighted by atomic mass is 10.2. The Morgan fingerprint density at radius 3 is 2.52 bits per heavy atom. The van der Waals surface area contributed by atoms with Gasteiger partial charge >= 0.3 is 0 Å². The van der Waals surface area contributed by atoms with Crippen LogP contribution >= 0.6 is 0 Å². The molecule has 8 heteroatoms. The molecule has 3 N–H and O–H groups in total. The lowest BCUT2D eigenvalue weighted by Crippen LogP contribution is -2.25. The second-order valence-electron chi connectivity index (χ2n) is 4.72. The maximum absolute atomic E-state index is 5.76. The summed E-state index contributed by atoms with van der Waals surface area (Å²) in [6.45, 7) is 8.36. The predicted molar refractivity (Wildman–Crippen MR) is 83.1 cm³/mol. The quantitative estimate of drug-likeness (QED) is 0.817. The molecule has 0 atom stereocenters. The zero-order valence-corrected chi connectivity index (χ0v) is 13.0. The molecule has 0 bridgehead atoms. The maximum atomic E-state index is 5.76. The fourth-order valence-corrected chi connectivity index (χ4v) is 2.00. The first-order chi connectivity index (χ1) is 10.0. The minimum Gasteiger partial charge on any atom is -0.368 e. The average Bonchev–Trinajstić information content (AvgIpc) is 2.77. The fraction of sp³-hybridized carbons (Fsp3) is 0.538. The van der Waals surface area contributed by atoms with Gasteiger partial charge in [-0.05, 0) is 20.8 Å². The highest BCUT2D eigenvalue weighted by Crippen LogP contribution is 2.13. The fourth-order valence-electron chi connectivity index (χ4n) is 2.00. The molecule has 0 aliphatic heterocycles. The summed E-state index contributed by atoms with van der Waals surface area (Å²) in [4.78, 5) is 14.7. The number of nitrogens with two attached hydrogens (primary N) is 1. The van der Waals surface area contributed by atoms with E-state index in [1.807, 2.05) is 29.7 Å².